The number of aromatic nitrogens is 3. The Kier molecular flexibility index (Phi) is 3.78. The molecule has 20 heavy (non-hydrogen) atoms. The van der Waals surface area contributed by atoms with E-state index in [4.69, 9.17) is 4.74 Å². The molecule has 1 radical (unpaired) electrons. The second kappa shape index (κ2) is 5.88. The molecule has 0 saturated heterocycles. The van der Waals surface area contributed by atoms with Crippen LogP contribution in [0.4, 0.5) is 0 Å². The molecule has 2 aromatic carbocycles. The van der Waals surface area contributed by atoms with Crippen molar-refractivity contribution in [1.82, 2.24) is 14.8 Å². The van der Waals surface area contributed by atoms with Gasteiger partial charge in [-0.2, -0.15) is 5.10 Å². The van der Waals surface area contributed by atoms with Gasteiger partial charge in [0.05, 0.1) is 5.69 Å². The highest BCUT2D eigenvalue weighted by Gasteiger charge is 1.99. The Morgan fingerprint density at radius 3 is 2.65 bits per heavy atom. The Morgan fingerprint density at radius 1 is 1.15 bits per heavy atom. The van der Waals surface area contributed by atoms with Gasteiger partial charge in [-0.05, 0) is 35.9 Å². The molecule has 5 heteroatoms. The summed E-state index contributed by atoms with van der Waals surface area (Å²) in [5.41, 5.74) is 2.06. The number of halogens is 1. The molecule has 0 aliphatic rings. The van der Waals surface area contributed by atoms with Gasteiger partial charge in [0.1, 0.15) is 25.0 Å². The van der Waals surface area contributed by atoms with Gasteiger partial charge in [-0.25, -0.2) is 9.67 Å². The van der Waals surface area contributed by atoms with Crippen molar-refractivity contribution in [2.75, 3.05) is 0 Å². The van der Waals surface area contributed by atoms with Gasteiger partial charge in [-0.3, -0.25) is 0 Å². The van der Waals surface area contributed by atoms with Gasteiger partial charge >= 0.3 is 0 Å². The fourth-order valence-corrected chi connectivity index (χ4v) is 1.98. The van der Waals surface area contributed by atoms with Crippen LogP contribution in [0.2, 0.25) is 0 Å². The quantitative estimate of drug-likeness (QED) is 0.736. The monoisotopic (exact) mass is 328 g/mol. The molecule has 0 atom stereocenters. The summed E-state index contributed by atoms with van der Waals surface area (Å²) in [5.74, 6) is 0.730. The average Bonchev–Trinajstić information content (AvgIpc) is 3.01. The molecule has 1 heterocycles. The predicted octanol–water partition coefficient (Wildman–Crippen LogP) is 3.41. The minimum absolute atomic E-state index is 0.510. The van der Waals surface area contributed by atoms with Crippen molar-refractivity contribution in [3.05, 3.63) is 71.2 Å². The molecule has 99 valence electrons. The zero-order valence-corrected chi connectivity index (χ0v) is 12.1. The number of nitrogens with zero attached hydrogens (tertiary/aromatic N) is 3. The van der Waals surface area contributed by atoms with Crippen molar-refractivity contribution in [1.29, 1.82) is 0 Å². The van der Waals surface area contributed by atoms with Gasteiger partial charge in [-0.1, -0.05) is 28.1 Å². The lowest BCUT2D eigenvalue weighted by molar-refractivity contribution is 0.305. The predicted molar refractivity (Wildman–Crippen MR) is 78.7 cm³/mol. The van der Waals surface area contributed by atoms with E-state index in [1.54, 1.807) is 11.0 Å². The highest BCUT2D eigenvalue weighted by atomic mass is 79.9. The summed E-state index contributed by atoms with van der Waals surface area (Å²) in [5, 5.41) is 4.08. The van der Waals surface area contributed by atoms with Crippen LogP contribution in [0.5, 0.6) is 5.75 Å². The van der Waals surface area contributed by atoms with Gasteiger partial charge in [0.25, 0.3) is 0 Å². The molecule has 3 rings (SSSR count). The van der Waals surface area contributed by atoms with Crippen molar-refractivity contribution in [3.8, 4) is 11.4 Å². The lowest BCUT2D eigenvalue weighted by Crippen LogP contribution is -1.97. The summed E-state index contributed by atoms with van der Waals surface area (Å²) >= 11 is 3.37. The molecule has 0 amide bonds. The number of benzene rings is 2. The summed E-state index contributed by atoms with van der Waals surface area (Å²) in [4.78, 5) is 3.92. The lowest BCUT2D eigenvalue weighted by Gasteiger charge is -2.07. The smallest absolute Gasteiger partial charge is 0.138 e. The third-order valence-electron chi connectivity index (χ3n) is 2.76. The van der Waals surface area contributed by atoms with E-state index in [9.17, 15) is 0 Å². The van der Waals surface area contributed by atoms with Crippen molar-refractivity contribution in [3.63, 3.8) is 0 Å². The number of rotatable bonds is 4. The SMILES string of the molecule is Brc1c[c]c(OCc2ccc(-n3cncn3)cc2)cc1. The van der Waals surface area contributed by atoms with E-state index >= 15 is 0 Å². The molecule has 0 aliphatic carbocycles. The van der Waals surface area contributed by atoms with E-state index in [1.807, 2.05) is 42.5 Å². The van der Waals surface area contributed by atoms with Gasteiger partial charge < -0.3 is 4.74 Å². The molecule has 0 spiro atoms. The van der Waals surface area contributed by atoms with Crippen LogP contribution in [-0.2, 0) is 6.61 Å². The second-order valence-electron chi connectivity index (χ2n) is 4.17. The summed E-state index contributed by atoms with van der Waals surface area (Å²) in [6.07, 6.45) is 3.18. The molecule has 0 aliphatic heterocycles. The lowest BCUT2D eigenvalue weighted by atomic mass is 10.2. The van der Waals surface area contributed by atoms with Gasteiger partial charge in [-0.15, -0.1) is 0 Å². The van der Waals surface area contributed by atoms with Crippen LogP contribution >= 0.6 is 15.9 Å². The normalized spacial score (nSPS) is 10.4. The fourth-order valence-electron chi connectivity index (χ4n) is 1.73. The Hall–Kier alpha value is -2.14. The number of hydrogen-bond acceptors (Lipinski definition) is 3. The van der Waals surface area contributed by atoms with Crippen molar-refractivity contribution in [2.24, 2.45) is 0 Å². The van der Waals surface area contributed by atoms with E-state index in [-0.39, 0.29) is 0 Å². The minimum atomic E-state index is 0.510. The maximum absolute atomic E-state index is 5.67. The first-order valence-electron chi connectivity index (χ1n) is 6.05. The van der Waals surface area contributed by atoms with E-state index < -0.39 is 0 Å². The van der Waals surface area contributed by atoms with Gasteiger partial charge in [0.2, 0.25) is 0 Å². The van der Waals surface area contributed by atoms with E-state index in [2.05, 4.69) is 32.1 Å². The van der Waals surface area contributed by atoms with Gasteiger partial charge in [0, 0.05) is 10.5 Å². The van der Waals surface area contributed by atoms with Gasteiger partial charge in [0.15, 0.2) is 0 Å². The van der Waals surface area contributed by atoms with E-state index in [1.165, 1.54) is 6.33 Å². The second-order valence-corrected chi connectivity index (χ2v) is 5.08. The maximum Gasteiger partial charge on any atom is 0.138 e. The number of hydrogen-bond donors (Lipinski definition) is 0. The summed E-state index contributed by atoms with van der Waals surface area (Å²) in [7, 11) is 0. The molecule has 0 fully saturated rings. The van der Waals surface area contributed by atoms with Crippen molar-refractivity contribution in [2.45, 2.75) is 6.61 Å². The maximum atomic E-state index is 5.67. The molecule has 0 saturated carbocycles. The molecule has 0 bridgehead atoms. The van der Waals surface area contributed by atoms with Crippen LogP contribution in [0.25, 0.3) is 5.69 Å². The molecule has 3 aromatic rings. The van der Waals surface area contributed by atoms with Crippen LogP contribution in [0, 0.1) is 6.07 Å². The molecular weight excluding hydrogens is 318 g/mol. The Morgan fingerprint density at radius 2 is 2.00 bits per heavy atom. The van der Waals surface area contributed by atoms with Crippen molar-refractivity contribution < 1.29 is 4.74 Å². The zero-order valence-electron chi connectivity index (χ0n) is 10.5. The van der Waals surface area contributed by atoms with Crippen molar-refractivity contribution >= 4 is 15.9 Å². The Labute approximate surface area is 125 Å². The summed E-state index contributed by atoms with van der Waals surface area (Å²) in [6, 6.07) is 16.7. The summed E-state index contributed by atoms with van der Waals surface area (Å²) in [6.45, 7) is 0.510. The van der Waals surface area contributed by atoms with Crippen LogP contribution in [0.1, 0.15) is 5.56 Å². The molecule has 0 unspecified atom stereocenters. The topological polar surface area (TPSA) is 39.9 Å². The first-order chi connectivity index (χ1) is 9.81. The highest BCUT2D eigenvalue weighted by Crippen LogP contribution is 2.17. The van der Waals surface area contributed by atoms with Crippen LogP contribution in [0.15, 0.2) is 59.6 Å². The zero-order chi connectivity index (χ0) is 13.8. The average molecular weight is 329 g/mol. The largest absolute Gasteiger partial charge is 0.488 e. The highest BCUT2D eigenvalue weighted by molar-refractivity contribution is 9.10. The number of ether oxygens (including phenoxy) is 1. The molecule has 0 N–H and O–H groups in total. The Bertz CT molecular complexity index is 663. The first kappa shape index (κ1) is 12.9. The standard InChI is InChI=1S/C15H11BrN3O/c16-13-3-7-15(8-4-13)20-9-12-1-5-14(6-2-12)19-11-17-10-18-19/h1-7,10-11H,9H2. The molecule has 1 aromatic heterocycles. The molecule has 4 nitrogen and oxygen atoms in total. The third-order valence-corrected chi connectivity index (χ3v) is 3.25. The Balaban J connectivity index is 1.65. The van der Waals surface area contributed by atoms with Crippen LogP contribution in [0.3, 0.4) is 0 Å². The van der Waals surface area contributed by atoms with Crippen LogP contribution < -0.4 is 4.74 Å². The first-order valence-corrected chi connectivity index (χ1v) is 6.84. The minimum Gasteiger partial charge on any atom is -0.488 e. The fraction of sp³-hybridized carbons (Fsp3) is 0.0667. The van der Waals surface area contributed by atoms with E-state index in [0.717, 1.165) is 21.5 Å². The summed E-state index contributed by atoms with van der Waals surface area (Å²) < 4.78 is 8.37. The third kappa shape index (κ3) is 3.05. The van der Waals surface area contributed by atoms with E-state index in [0.29, 0.717) is 6.61 Å². The molecular formula is C15H11BrN3O. The van der Waals surface area contributed by atoms with Crippen LogP contribution in [-0.4, -0.2) is 14.8 Å².